The lowest BCUT2D eigenvalue weighted by Gasteiger charge is -2.35. The molecule has 0 heterocycles. The Hall–Kier alpha value is -1.42. The Kier molecular flexibility index (Phi) is 4.20. The molecule has 0 saturated heterocycles. The molecule has 19 heavy (non-hydrogen) atoms. The second kappa shape index (κ2) is 5.70. The second-order valence-electron chi connectivity index (χ2n) is 4.92. The topological polar surface area (TPSA) is 58.6 Å². The summed E-state index contributed by atoms with van der Waals surface area (Å²) >= 11 is 6.06. The summed E-state index contributed by atoms with van der Waals surface area (Å²) in [5.41, 5.74) is -0.147. The number of hydrogen-bond acceptors (Lipinski definition) is 3. The van der Waals surface area contributed by atoms with Crippen LogP contribution in [0.4, 0.5) is 5.69 Å². The van der Waals surface area contributed by atoms with E-state index >= 15 is 0 Å². The molecule has 1 aliphatic carbocycles. The van der Waals surface area contributed by atoms with Gasteiger partial charge in [0.2, 0.25) is 0 Å². The molecule has 2 rings (SSSR count). The molecule has 1 fully saturated rings. The summed E-state index contributed by atoms with van der Waals surface area (Å²) in [7, 11) is 1.55. The minimum Gasteiger partial charge on any atom is -0.495 e. The third-order valence-corrected chi connectivity index (χ3v) is 3.95. The first-order chi connectivity index (χ1) is 9.07. The van der Waals surface area contributed by atoms with Crippen LogP contribution in [0.15, 0.2) is 18.2 Å². The molecule has 0 aliphatic heterocycles. The molecule has 0 bridgehead atoms. The summed E-state index contributed by atoms with van der Waals surface area (Å²) in [4.78, 5) is 11.6. The quantitative estimate of drug-likeness (QED) is 0.887. The highest BCUT2D eigenvalue weighted by molar-refractivity contribution is 6.32. The Balaban J connectivity index is 2.22. The first-order valence-corrected chi connectivity index (χ1v) is 6.80. The first kappa shape index (κ1) is 14.0. The van der Waals surface area contributed by atoms with Crippen LogP contribution in [0.5, 0.6) is 5.75 Å². The van der Waals surface area contributed by atoms with E-state index in [1.807, 2.05) is 0 Å². The van der Waals surface area contributed by atoms with Crippen LogP contribution in [0.3, 0.4) is 0 Å². The number of methoxy groups -OCH3 is 1. The van der Waals surface area contributed by atoms with E-state index in [9.17, 15) is 9.90 Å². The van der Waals surface area contributed by atoms with Crippen LogP contribution < -0.4 is 10.1 Å². The van der Waals surface area contributed by atoms with E-state index < -0.39 is 11.5 Å². The van der Waals surface area contributed by atoms with Crippen molar-refractivity contribution in [3.05, 3.63) is 23.2 Å². The summed E-state index contributed by atoms with van der Waals surface area (Å²) in [6.07, 6.45) is 4.25. The van der Waals surface area contributed by atoms with Crippen LogP contribution in [-0.4, -0.2) is 23.7 Å². The largest absolute Gasteiger partial charge is 0.495 e. The minimum atomic E-state index is -0.865. The first-order valence-electron chi connectivity index (χ1n) is 6.42. The van der Waals surface area contributed by atoms with Gasteiger partial charge in [0.25, 0.3) is 0 Å². The van der Waals surface area contributed by atoms with Crippen molar-refractivity contribution in [1.82, 2.24) is 0 Å². The summed E-state index contributed by atoms with van der Waals surface area (Å²) < 4.78 is 5.09. The molecule has 1 saturated carbocycles. The normalized spacial score (nSPS) is 17.8. The number of nitrogens with one attached hydrogen (secondary N) is 1. The highest BCUT2D eigenvalue weighted by Gasteiger charge is 2.39. The van der Waals surface area contributed by atoms with E-state index in [1.165, 1.54) is 0 Å². The van der Waals surface area contributed by atoms with E-state index in [0.717, 1.165) is 24.9 Å². The molecule has 0 radical (unpaired) electrons. The van der Waals surface area contributed by atoms with Crippen LogP contribution in [-0.2, 0) is 4.79 Å². The lowest BCUT2D eigenvalue weighted by atomic mass is 9.81. The van der Waals surface area contributed by atoms with Gasteiger partial charge in [-0.25, -0.2) is 4.79 Å². The lowest BCUT2D eigenvalue weighted by molar-refractivity contribution is -0.143. The van der Waals surface area contributed by atoms with E-state index in [1.54, 1.807) is 25.3 Å². The van der Waals surface area contributed by atoms with Gasteiger partial charge < -0.3 is 15.2 Å². The average Bonchev–Trinajstić information content (AvgIpc) is 2.40. The van der Waals surface area contributed by atoms with Crippen LogP contribution in [0.1, 0.15) is 32.1 Å². The highest BCUT2D eigenvalue weighted by atomic mass is 35.5. The van der Waals surface area contributed by atoms with Crippen molar-refractivity contribution in [2.45, 2.75) is 37.6 Å². The van der Waals surface area contributed by atoms with E-state index in [2.05, 4.69) is 5.32 Å². The van der Waals surface area contributed by atoms with Gasteiger partial charge in [-0.1, -0.05) is 30.9 Å². The maximum Gasteiger partial charge on any atom is 0.329 e. The SMILES string of the molecule is COc1ccc(NC2(C(=O)O)CCCCC2)cc1Cl. The number of benzene rings is 1. The lowest BCUT2D eigenvalue weighted by Crippen LogP contribution is -2.47. The number of anilines is 1. The zero-order chi connectivity index (χ0) is 13.9. The van der Waals surface area contributed by atoms with Crippen LogP contribution >= 0.6 is 11.6 Å². The van der Waals surface area contributed by atoms with Crippen LogP contribution in [0, 0.1) is 0 Å². The predicted octanol–water partition coefficient (Wildman–Crippen LogP) is 3.55. The average molecular weight is 284 g/mol. The minimum absolute atomic E-state index is 0.476. The Morgan fingerprint density at radius 1 is 1.37 bits per heavy atom. The molecular formula is C14H18ClNO3. The number of rotatable bonds is 4. The summed E-state index contributed by atoms with van der Waals surface area (Å²) in [5.74, 6) is -0.209. The molecule has 1 aliphatic rings. The van der Waals surface area contributed by atoms with E-state index in [0.29, 0.717) is 23.6 Å². The summed E-state index contributed by atoms with van der Waals surface area (Å²) in [5, 5.41) is 13.1. The fourth-order valence-electron chi connectivity index (χ4n) is 2.57. The highest BCUT2D eigenvalue weighted by Crippen LogP contribution is 2.34. The van der Waals surface area contributed by atoms with Crippen molar-refractivity contribution >= 4 is 23.3 Å². The van der Waals surface area contributed by atoms with Gasteiger partial charge in [0.05, 0.1) is 12.1 Å². The van der Waals surface area contributed by atoms with Crippen molar-refractivity contribution in [1.29, 1.82) is 0 Å². The van der Waals surface area contributed by atoms with E-state index in [-0.39, 0.29) is 0 Å². The molecule has 1 aromatic carbocycles. The van der Waals surface area contributed by atoms with Gasteiger partial charge in [0.1, 0.15) is 11.3 Å². The third-order valence-electron chi connectivity index (χ3n) is 3.65. The molecule has 1 aromatic rings. The zero-order valence-electron chi connectivity index (χ0n) is 10.9. The van der Waals surface area contributed by atoms with E-state index in [4.69, 9.17) is 16.3 Å². The molecule has 0 spiro atoms. The molecule has 0 atom stereocenters. The Morgan fingerprint density at radius 3 is 2.58 bits per heavy atom. The third kappa shape index (κ3) is 2.95. The van der Waals surface area contributed by atoms with Gasteiger partial charge >= 0.3 is 5.97 Å². The van der Waals surface area contributed by atoms with Gasteiger partial charge in [-0.3, -0.25) is 0 Å². The fraction of sp³-hybridized carbons (Fsp3) is 0.500. The van der Waals surface area contributed by atoms with Gasteiger partial charge in [0, 0.05) is 5.69 Å². The summed E-state index contributed by atoms with van der Waals surface area (Å²) in [6.45, 7) is 0. The molecule has 2 N–H and O–H groups in total. The van der Waals surface area contributed by atoms with Crippen molar-refractivity contribution in [3.8, 4) is 5.75 Å². The fourth-order valence-corrected chi connectivity index (χ4v) is 2.83. The molecule has 4 nitrogen and oxygen atoms in total. The number of carbonyl (C=O) groups is 1. The molecule has 104 valence electrons. The molecule has 0 aromatic heterocycles. The Labute approximate surface area is 117 Å². The standard InChI is InChI=1S/C14H18ClNO3/c1-19-12-6-5-10(9-11(12)15)16-14(13(17)18)7-3-2-4-8-14/h5-6,9,16H,2-4,7-8H2,1H3,(H,17,18). The van der Waals surface area contributed by atoms with Crippen molar-refractivity contribution < 1.29 is 14.6 Å². The molecule has 5 heteroatoms. The van der Waals surface area contributed by atoms with Crippen molar-refractivity contribution in [2.75, 3.05) is 12.4 Å². The van der Waals surface area contributed by atoms with Gasteiger partial charge in [-0.2, -0.15) is 0 Å². The number of halogens is 1. The maximum atomic E-state index is 11.6. The van der Waals surface area contributed by atoms with Crippen LogP contribution in [0.2, 0.25) is 5.02 Å². The maximum absolute atomic E-state index is 11.6. The Bertz CT molecular complexity index is 470. The van der Waals surface area contributed by atoms with Crippen molar-refractivity contribution in [3.63, 3.8) is 0 Å². The smallest absolute Gasteiger partial charge is 0.329 e. The monoisotopic (exact) mass is 283 g/mol. The predicted molar refractivity (Wildman–Crippen MR) is 75.1 cm³/mol. The molecule has 0 unspecified atom stereocenters. The second-order valence-corrected chi connectivity index (χ2v) is 5.33. The Morgan fingerprint density at radius 2 is 2.05 bits per heavy atom. The summed E-state index contributed by atoms with van der Waals surface area (Å²) in [6, 6.07) is 5.24. The number of carboxylic acids is 1. The zero-order valence-corrected chi connectivity index (χ0v) is 11.7. The number of hydrogen-bond donors (Lipinski definition) is 2. The molecule has 0 amide bonds. The molecular weight excluding hydrogens is 266 g/mol. The van der Waals surface area contributed by atoms with Gasteiger partial charge in [-0.05, 0) is 31.0 Å². The number of carboxylic acid groups (broad SMARTS) is 1. The van der Waals surface area contributed by atoms with Crippen LogP contribution in [0.25, 0.3) is 0 Å². The van der Waals surface area contributed by atoms with Gasteiger partial charge in [0.15, 0.2) is 0 Å². The number of ether oxygens (including phenoxy) is 1. The van der Waals surface area contributed by atoms with Gasteiger partial charge in [-0.15, -0.1) is 0 Å². The van der Waals surface area contributed by atoms with Crippen molar-refractivity contribution in [2.24, 2.45) is 0 Å². The number of aliphatic carboxylic acids is 1.